The quantitative estimate of drug-likeness (QED) is 0.814. The van der Waals surface area contributed by atoms with Gasteiger partial charge in [-0.25, -0.2) is 0 Å². The zero-order chi connectivity index (χ0) is 19.2. The van der Waals surface area contributed by atoms with E-state index in [1.54, 1.807) is 18.2 Å². The Kier molecular flexibility index (Phi) is 6.06. The van der Waals surface area contributed by atoms with E-state index in [0.717, 1.165) is 25.7 Å². The average Bonchev–Trinajstić information content (AvgIpc) is 3.16. The Morgan fingerprint density at radius 3 is 2.59 bits per heavy atom. The van der Waals surface area contributed by atoms with Crippen LogP contribution in [-0.4, -0.2) is 28.9 Å². The van der Waals surface area contributed by atoms with Gasteiger partial charge in [0.15, 0.2) is 0 Å². The molecule has 142 valence electrons. The van der Waals surface area contributed by atoms with E-state index in [4.69, 9.17) is 4.74 Å². The lowest BCUT2D eigenvalue weighted by atomic mass is 10.1. The van der Waals surface area contributed by atoms with Crippen LogP contribution in [0.1, 0.15) is 60.4 Å². The maximum absolute atomic E-state index is 12.6. The zero-order valence-electron chi connectivity index (χ0n) is 15.7. The smallest absolute Gasteiger partial charge is 0.274 e. The summed E-state index contributed by atoms with van der Waals surface area (Å²) >= 11 is 0. The van der Waals surface area contributed by atoms with E-state index in [0.29, 0.717) is 17.0 Å². The second kappa shape index (κ2) is 8.66. The fraction of sp³-hybridized carbons (Fsp3) is 0.381. The summed E-state index contributed by atoms with van der Waals surface area (Å²) < 4.78 is 5.72. The first-order valence-electron chi connectivity index (χ1n) is 9.37. The van der Waals surface area contributed by atoms with Crippen LogP contribution in [0.25, 0.3) is 0 Å². The maximum Gasteiger partial charge on any atom is 0.274 e. The second-order valence-electron chi connectivity index (χ2n) is 7.00. The molecule has 6 heteroatoms. The van der Waals surface area contributed by atoms with E-state index >= 15 is 0 Å². The number of carbonyl (C=O) groups is 2. The highest BCUT2D eigenvalue weighted by Gasteiger charge is 2.19. The lowest BCUT2D eigenvalue weighted by Crippen LogP contribution is -2.32. The Labute approximate surface area is 159 Å². The topological polar surface area (TPSA) is 80.3 Å². The Morgan fingerprint density at radius 1 is 1.11 bits per heavy atom. The van der Waals surface area contributed by atoms with Crippen LogP contribution in [0, 0.1) is 0 Å². The minimum Gasteiger partial charge on any atom is -0.489 e. The number of nitrogens with one attached hydrogen (secondary N) is 2. The molecule has 1 aliphatic rings. The monoisotopic (exact) mass is 367 g/mol. The van der Waals surface area contributed by atoms with Crippen molar-refractivity contribution in [2.75, 3.05) is 5.32 Å². The Morgan fingerprint density at radius 2 is 1.85 bits per heavy atom. The van der Waals surface area contributed by atoms with Gasteiger partial charge >= 0.3 is 0 Å². The van der Waals surface area contributed by atoms with E-state index < -0.39 is 0 Å². The first-order chi connectivity index (χ1) is 13.0. The molecule has 6 nitrogen and oxygen atoms in total. The standard InChI is InChI=1S/C21H25N3O3/c1-14(2)27-19-10-6-5-9-17(19)24-21(26)18-13-15(11-12-22-18)20(25)23-16-7-3-4-8-16/h5-6,9-14,16H,3-4,7-8H2,1-2H3,(H,23,25)(H,24,26). The summed E-state index contributed by atoms with van der Waals surface area (Å²) in [7, 11) is 0. The molecule has 0 aliphatic heterocycles. The normalized spacial score (nSPS) is 14.2. The van der Waals surface area contributed by atoms with Gasteiger partial charge in [-0.15, -0.1) is 0 Å². The molecule has 0 bridgehead atoms. The summed E-state index contributed by atoms with van der Waals surface area (Å²) in [6.45, 7) is 3.85. The predicted molar refractivity (Wildman–Crippen MR) is 104 cm³/mol. The van der Waals surface area contributed by atoms with Crippen molar-refractivity contribution in [3.63, 3.8) is 0 Å². The summed E-state index contributed by atoms with van der Waals surface area (Å²) in [5.74, 6) is 0.0446. The van der Waals surface area contributed by atoms with Gasteiger partial charge in [-0.2, -0.15) is 0 Å². The molecular weight excluding hydrogens is 342 g/mol. The van der Waals surface area contributed by atoms with Crippen molar-refractivity contribution < 1.29 is 14.3 Å². The SMILES string of the molecule is CC(C)Oc1ccccc1NC(=O)c1cc(C(=O)NC2CCCC2)ccn1. The van der Waals surface area contributed by atoms with Gasteiger partial charge in [0.05, 0.1) is 11.8 Å². The molecule has 1 aromatic heterocycles. The number of hydrogen-bond donors (Lipinski definition) is 2. The van der Waals surface area contributed by atoms with Gasteiger partial charge < -0.3 is 15.4 Å². The summed E-state index contributed by atoms with van der Waals surface area (Å²) in [6, 6.07) is 10.6. The number of para-hydroxylation sites is 2. The zero-order valence-corrected chi connectivity index (χ0v) is 15.7. The largest absolute Gasteiger partial charge is 0.489 e. The molecule has 1 fully saturated rings. The minimum absolute atomic E-state index is 0.0104. The van der Waals surface area contributed by atoms with Gasteiger partial charge in [-0.05, 0) is 51.0 Å². The highest BCUT2D eigenvalue weighted by molar-refractivity contribution is 6.05. The molecule has 0 saturated heterocycles. The van der Waals surface area contributed by atoms with Crippen LogP contribution in [-0.2, 0) is 0 Å². The summed E-state index contributed by atoms with van der Waals surface area (Å²) in [6.07, 6.45) is 5.78. The van der Waals surface area contributed by atoms with Crippen molar-refractivity contribution >= 4 is 17.5 Å². The molecule has 27 heavy (non-hydrogen) atoms. The first-order valence-corrected chi connectivity index (χ1v) is 9.37. The third-order valence-corrected chi connectivity index (χ3v) is 4.44. The Balaban J connectivity index is 1.71. The highest BCUT2D eigenvalue weighted by atomic mass is 16.5. The Bertz CT molecular complexity index is 814. The van der Waals surface area contributed by atoms with E-state index in [-0.39, 0.29) is 29.7 Å². The molecule has 2 amide bonds. The summed E-state index contributed by atoms with van der Waals surface area (Å²) in [4.78, 5) is 29.1. The maximum atomic E-state index is 12.6. The van der Waals surface area contributed by atoms with Crippen LogP contribution in [0.2, 0.25) is 0 Å². The lowest BCUT2D eigenvalue weighted by molar-refractivity contribution is 0.0937. The molecule has 3 rings (SSSR count). The fourth-order valence-electron chi connectivity index (χ4n) is 3.15. The molecule has 2 N–H and O–H groups in total. The van der Waals surface area contributed by atoms with E-state index in [2.05, 4.69) is 15.6 Å². The molecule has 0 atom stereocenters. The number of ether oxygens (including phenoxy) is 1. The minimum atomic E-state index is -0.384. The molecular formula is C21H25N3O3. The summed E-state index contributed by atoms with van der Waals surface area (Å²) in [5.41, 5.74) is 1.20. The molecule has 2 aromatic rings. The van der Waals surface area contributed by atoms with Crippen LogP contribution in [0.4, 0.5) is 5.69 Å². The van der Waals surface area contributed by atoms with E-state index in [9.17, 15) is 9.59 Å². The Hall–Kier alpha value is -2.89. The summed E-state index contributed by atoms with van der Waals surface area (Å²) in [5, 5.41) is 5.84. The van der Waals surface area contributed by atoms with Crippen molar-refractivity contribution in [1.82, 2.24) is 10.3 Å². The number of pyridine rings is 1. The van der Waals surface area contributed by atoms with Crippen molar-refractivity contribution in [3.8, 4) is 5.75 Å². The van der Waals surface area contributed by atoms with Crippen molar-refractivity contribution in [3.05, 3.63) is 53.9 Å². The van der Waals surface area contributed by atoms with Gasteiger partial charge in [-0.3, -0.25) is 14.6 Å². The van der Waals surface area contributed by atoms with Gasteiger partial charge in [0, 0.05) is 17.8 Å². The molecule has 1 saturated carbocycles. The lowest BCUT2D eigenvalue weighted by Gasteiger charge is -2.15. The number of hydrogen-bond acceptors (Lipinski definition) is 4. The number of anilines is 1. The van der Waals surface area contributed by atoms with Gasteiger partial charge in [0.2, 0.25) is 0 Å². The first kappa shape index (κ1) is 18.9. The number of rotatable bonds is 6. The number of aromatic nitrogens is 1. The average molecular weight is 367 g/mol. The highest BCUT2D eigenvalue weighted by Crippen LogP contribution is 2.25. The molecule has 0 unspecified atom stereocenters. The van der Waals surface area contributed by atoms with Gasteiger partial charge in [0.1, 0.15) is 11.4 Å². The van der Waals surface area contributed by atoms with Crippen molar-refractivity contribution in [2.45, 2.75) is 51.7 Å². The number of benzene rings is 1. The van der Waals surface area contributed by atoms with Crippen LogP contribution in [0.3, 0.4) is 0 Å². The third-order valence-electron chi connectivity index (χ3n) is 4.44. The third kappa shape index (κ3) is 5.06. The molecule has 1 heterocycles. The van der Waals surface area contributed by atoms with E-state index in [1.807, 2.05) is 26.0 Å². The number of nitrogens with zero attached hydrogens (tertiary/aromatic N) is 1. The van der Waals surface area contributed by atoms with Crippen LogP contribution in [0.5, 0.6) is 5.75 Å². The van der Waals surface area contributed by atoms with Crippen LogP contribution < -0.4 is 15.4 Å². The van der Waals surface area contributed by atoms with Gasteiger partial charge in [0.25, 0.3) is 11.8 Å². The molecule has 0 spiro atoms. The number of amides is 2. The van der Waals surface area contributed by atoms with Crippen molar-refractivity contribution in [2.24, 2.45) is 0 Å². The van der Waals surface area contributed by atoms with Gasteiger partial charge in [-0.1, -0.05) is 25.0 Å². The predicted octanol–water partition coefficient (Wildman–Crippen LogP) is 3.79. The van der Waals surface area contributed by atoms with Crippen LogP contribution in [0.15, 0.2) is 42.6 Å². The molecule has 1 aliphatic carbocycles. The van der Waals surface area contributed by atoms with Crippen LogP contribution >= 0.6 is 0 Å². The van der Waals surface area contributed by atoms with Crippen molar-refractivity contribution in [1.29, 1.82) is 0 Å². The second-order valence-corrected chi connectivity index (χ2v) is 7.00. The van der Waals surface area contributed by atoms with E-state index in [1.165, 1.54) is 12.3 Å². The fourth-order valence-corrected chi connectivity index (χ4v) is 3.15. The molecule has 1 aromatic carbocycles. The molecule has 0 radical (unpaired) electrons. The number of carbonyl (C=O) groups excluding carboxylic acids is 2.